The quantitative estimate of drug-likeness (QED) is 0.841. The zero-order chi connectivity index (χ0) is 15.1. The van der Waals surface area contributed by atoms with E-state index in [0.717, 1.165) is 12.8 Å². The largest absolute Gasteiger partial charge is 0.486 e. The van der Waals surface area contributed by atoms with Crippen molar-refractivity contribution in [2.75, 3.05) is 19.8 Å². The highest BCUT2D eigenvalue weighted by molar-refractivity contribution is 7.89. The van der Waals surface area contributed by atoms with Crippen molar-refractivity contribution >= 4 is 10.0 Å². The van der Waals surface area contributed by atoms with Crippen LogP contribution in [0.5, 0.6) is 11.5 Å². The van der Waals surface area contributed by atoms with Gasteiger partial charge in [0.1, 0.15) is 13.2 Å². The van der Waals surface area contributed by atoms with Crippen molar-refractivity contribution in [3.8, 4) is 11.5 Å². The number of sulfonamides is 1. The lowest BCUT2D eigenvalue weighted by molar-refractivity contribution is 0.171. The summed E-state index contributed by atoms with van der Waals surface area (Å²) in [6.07, 6.45) is 2.02. The van der Waals surface area contributed by atoms with E-state index in [1.807, 2.05) is 6.92 Å². The van der Waals surface area contributed by atoms with Crippen LogP contribution in [0.25, 0.3) is 0 Å². The van der Waals surface area contributed by atoms with Crippen LogP contribution in [0.4, 0.5) is 0 Å². The second kappa shape index (κ2) is 5.15. The molecule has 1 aromatic carbocycles. The summed E-state index contributed by atoms with van der Waals surface area (Å²) in [6, 6.07) is 4.65. The van der Waals surface area contributed by atoms with Gasteiger partial charge in [0.2, 0.25) is 10.0 Å². The summed E-state index contributed by atoms with van der Waals surface area (Å²) in [6.45, 7) is 3.04. The summed E-state index contributed by atoms with van der Waals surface area (Å²) in [5.41, 5.74) is 5.18. The van der Waals surface area contributed by atoms with E-state index < -0.39 is 15.6 Å². The molecule has 1 unspecified atom stereocenters. The number of hydrogen-bond donors (Lipinski definition) is 2. The Morgan fingerprint density at radius 3 is 2.57 bits per heavy atom. The van der Waals surface area contributed by atoms with Crippen LogP contribution in [0, 0.1) is 5.92 Å². The smallest absolute Gasteiger partial charge is 0.241 e. The lowest BCUT2D eigenvalue weighted by atomic mass is 9.98. The van der Waals surface area contributed by atoms with E-state index in [2.05, 4.69) is 4.72 Å². The first-order valence-electron chi connectivity index (χ1n) is 7.08. The average Bonchev–Trinajstić information content (AvgIpc) is 3.31. The Bertz CT molecular complexity index is 642. The van der Waals surface area contributed by atoms with Gasteiger partial charge < -0.3 is 15.2 Å². The van der Waals surface area contributed by atoms with Gasteiger partial charge in [0.25, 0.3) is 0 Å². The SMILES string of the molecule is CC(CN)(NS(=O)(=O)c1ccc2c(c1)OCCO2)C1CC1. The van der Waals surface area contributed by atoms with Crippen molar-refractivity contribution in [1.29, 1.82) is 0 Å². The molecule has 1 saturated carbocycles. The van der Waals surface area contributed by atoms with Gasteiger partial charge in [0, 0.05) is 18.2 Å². The number of nitrogens with one attached hydrogen (secondary N) is 1. The fraction of sp³-hybridized carbons (Fsp3) is 0.571. The van der Waals surface area contributed by atoms with E-state index >= 15 is 0 Å². The molecule has 1 aliphatic heterocycles. The lowest BCUT2D eigenvalue weighted by Crippen LogP contribution is -2.52. The summed E-state index contributed by atoms with van der Waals surface area (Å²) >= 11 is 0. The van der Waals surface area contributed by atoms with E-state index in [0.29, 0.717) is 30.6 Å². The molecule has 1 aromatic rings. The fourth-order valence-corrected chi connectivity index (χ4v) is 4.06. The Labute approximate surface area is 124 Å². The van der Waals surface area contributed by atoms with Crippen molar-refractivity contribution < 1.29 is 17.9 Å². The van der Waals surface area contributed by atoms with Crippen molar-refractivity contribution in [2.45, 2.75) is 30.2 Å². The minimum atomic E-state index is -3.63. The van der Waals surface area contributed by atoms with Crippen molar-refractivity contribution in [3.05, 3.63) is 18.2 Å². The van der Waals surface area contributed by atoms with Crippen LogP contribution in [0.15, 0.2) is 23.1 Å². The van der Waals surface area contributed by atoms with Crippen LogP contribution in [0.1, 0.15) is 19.8 Å². The molecular formula is C14H20N2O4S. The molecule has 1 heterocycles. The van der Waals surface area contributed by atoms with E-state index in [4.69, 9.17) is 15.2 Å². The minimum Gasteiger partial charge on any atom is -0.486 e. The molecule has 2 aliphatic rings. The van der Waals surface area contributed by atoms with Gasteiger partial charge in [-0.1, -0.05) is 0 Å². The number of benzene rings is 1. The van der Waals surface area contributed by atoms with Gasteiger partial charge in [-0.05, 0) is 37.8 Å². The highest BCUT2D eigenvalue weighted by atomic mass is 32.2. The number of fused-ring (bicyclic) bond motifs is 1. The molecule has 0 bridgehead atoms. The molecule has 1 fully saturated rings. The Balaban J connectivity index is 1.87. The van der Waals surface area contributed by atoms with Gasteiger partial charge in [0.05, 0.1) is 4.90 Å². The molecule has 6 nitrogen and oxygen atoms in total. The van der Waals surface area contributed by atoms with E-state index in [1.54, 1.807) is 6.07 Å². The highest BCUT2D eigenvalue weighted by Gasteiger charge is 2.43. The molecule has 7 heteroatoms. The van der Waals surface area contributed by atoms with E-state index in [1.165, 1.54) is 12.1 Å². The van der Waals surface area contributed by atoms with Crippen molar-refractivity contribution in [3.63, 3.8) is 0 Å². The van der Waals surface area contributed by atoms with Gasteiger partial charge >= 0.3 is 0 Å². The van der Waals surface area contributed by atoms with E-state index in [9.17, 15) is 8.42 Å². The maximum absolute atomic E-state index is 12.6. The van der Waals surface area contributed by atoms with Gasteiger partial charge in [-0.3, -0.25) is 0 Å². The summed E-state index contributed by atoms with van der Waals surface area (Å²) in [5, 5.41) is 0. The molecule has 0 aromatic heterocycles. The molecule has 116 valence electrons. The van der Waals surface area contributed by atoms with Gasteiger partial charge in [-0.15, -0.1) is 0 Å². The third kappa shape index (κ3) is 2.86. The summed E-state index contributed by atoms with van der Waals surface area (Å²) in [4.78, 5) is 0.173. The normalized spacial score (nSPS) is 20.9. The van der Waals surface area contributed by atoms with E-state index in [-0.39, 0.29) is 11.4 Å². The Hall–Kier alpha value is -1.31. The number of ether oxygens (including phenoxy) is 2. The van der Waals surface area contributed by atoms with Crippen LogP contribution >= 0.6 is 0 Å². The number of hydrogen-bond acceptors (Lipinski definition) is 5. The Kier molecular flexibility index (Phi) is 3.59. The zero-order valence-corrected chi connectivity index (χ0v) is 12.8. The second-order valence-corrected chi connectivity index (χ2v) is 7.49. The summed E-state index contributed by atoms with van der Waals surface area (Å²) in [7, 11) is -3.63. The first kappa shape index (κ1) is 14.6. The third-order valence-corrected chi connectivity index (χ3v) is 5.70. The lowest BCUT2D eigenvalue weighted by Gasteiger charge is -2.29. The molecule has 3 rings (SSSR count). The van der Waals surface area contributed by atoms with Crippen LogP contribution in [-0.2, 0) is 10.0 Å². The molecule has 1 aliphatic carbocycles. The van der Waals surface area contributed by atoms with Gasteiger partial charge in [-0.2, -0.15) is 0 Å². The second-order valence-electron chi connectivity index (χ2n) is 5.81. The predicted molar refractivity (Wildman–Crippen MR) is 77.9 cm³/mol. The van der Waals surface area contributed by atoms with Crippen LogP contribution < -0.4 is 19.9 Å². The average molecular weight is 312 g/mol. The molecular weight excluding hydrogens is 292 g/mol. The molecule has 21 heavy (non-hydrogen) atoms. The monoisotopic (exact) mass is 312 g/mol. The predicted octanol–water partition coefficient (Wildman–Crippen LogP) is 0.863. The summed E-state index contributed by atoms with van der Waals surface area (Å²) in [5.74, 6) is 1.35. The Morgan fingerprint density at radius 2 is 1.95 bits per heavy atom. The molecule has 3 N–H and O–H groups in total. The van der Waals surface area contributed by atoms with Crippen LogP contribution in [-0.4, -0.2) is 33.7 Å². The van der Waals surface area contributed by atoms with Crippen molar-refractivity contribution in [1.82, 2.24) is 4.72 Å². The number of nitrogens with two attached hydrogens (primary N) is 1. The first-order chi connectivity index (χ1) is 9.94. The van der Waals surface area contributed by atoms with Crippen LogP contribution in [0.3, 0.4) is 0 Å². The third-order valence-electron chi connectivity index (χ3n) is 4.09. The standard InChI is InChI=1S/C14H20N2O4S/c1-14(9-15,10-2-3-10)16-21(17,18)11-4-5-12-13(8-11)20-7-6-19-12/h4-5,8,10,16H,2-3,6-7,9,15H2,1H3. The molecule has 0 radical (unpaired) electrons. The maximum atomic E-state index is 12.6. The highest BCUT2D eigenvalue weighted by Crippen LogP contribution is 2.40. The topological polar surface area (TPSA) is 90.7 Å². The first-order valence-corrected chi connectivity index (χ1v) is 8.57. The van der Waals surface area contributed by atoms with Crippen molar-refractivity contribution in [2.24, 2.45) is 11.7 Å². The molecule has 0 spiro atoms. The maximum Gasteiger partial charge on any atom is 0.241 e. The molecule has 0 saturated heterocycles. The molecule has 0 amide bonds. The van der Waals surface area contributed by atoms with Gasteiger partial charge in [-0.25, -0.2) is 13.1 Å². The zero-order valence-electron chi connectivity index (χ0n) is 12.0. The van der Waals surface area contributed by atoms with Gasteiger partial charge in [0.15, 0.2) is 11.5 Å². The molecule has 1 atom stereocenters. The van der Waals surface area contributed by atoms with Crippen LogP contribution in [0.2, 0.25) is 0 Å². The minimum absolute atomic E-state index is 0.173. The summed E-state index contributed by atoms with van der Waals surface area (Å²) < 4.78 is 38.7. The fourth-order valence-electron chi connectivity index (χ4n) is 2.57. The number of rotatable bonds is 5. The Morgan fingerprint density at radius 1 is 1.29 bits per heavy atom.